The third-order valence-corrected chi connectivity index (χ3v) is 4.45. The van der Waals surface area contributed by atoms with Crippen LogP contribution in [0.15, 0.2) is 48.4 Å². The molecule has 1 aliphatic heterocycles. The largest absolute Gasteiger partial charge is 0.375 e. The number of nitrogens with zero attached hydrogens (tertiary/aromatic N) is 3. The number of aromatic nitrogens is 1. The highest BCUT2D eigenvalue weighted by atomic mass is 15.3. The lowest BCUT2D eigenvalue weighted by molar-refractivity contribution is 0.348. The van der Waals surface area contributed by atoms with Crippen LogP contribution in [0.1, 0.15) is 18.5 Å². The fourth-order valence-electron chi connectivity index (χ4n) is 3.11. The van der Waals surface area contributed by atoms with Gasteiger partial charge in [0.2, 0.25) is 0 Å². The number of nitrogens with one attached hydrogen (secondary N) is 1. The molecule has 2 heterocycles. The van der Waals surface area contributed by atoms with Gasteiger partial charge in [-0.05, 0) is 36.5 Å². The monoisotopic (exact) mass is 304 g/mol. The van der Waals surface area contributed by atoms with Gasteiger partial charge in [0.15, 0.2) is 0 Å². The Morgan fingerprint density at radius 2 is 2.48 bits per heavy atom. The number of allylic oxidation sites excluding steroid dienone is 3. The van der Waals surface area contributed by atoms with Crippen LogP contribution < -0.4 is 5.32 Å². The van der Waals surface area contributed by atoms with E-state index in [1.54, 1.807) is 6.20 Å². The standard InChI is InChI=1S/C19H20N4/c1-21-18(8-3-2-5-11-20)23-14-16-13-19(16,15-23)10-9-17-7-4-6-12-22-17/h2-4,6-8,12,16,21H,5,13-15H2,1H3/b3-2-,18-8+. The zero-order chi connectivity index (χ0) is 16.1. The number of hydrogen-bond acceptors (Lipinski definition) is 4. The Morgan fingerprint density at radius 3 is 3.22 bits per heavy atom. The van der Waals surface area contributed by atoms with Crippen molar-refractivity contribution in [3.05, 3.63) is 54.1 Å². The summed E-state index contributed by atoms with van der Waals surface area (Å²) in [5, 5.41) is 11.8. The van der Waals surface area contributed by atoms with Crippen LogP contribution in [-0.4, -0.2) is 30.0 Å². The maximum Gasteiger partial charge on any atom is 0.113 e. The topological polar surface area (TPSA) is 52.0 Å². The predicted octanol–water partition coefficient (Wildman–Crippen LogP) is 2.29. The van der Waals surface area contributed by atoms with Gasteiger partial charge in [0.05, 0.1) is 17.9 Å². The Bertz CT molecular complexity index is 717. The van der Waals surface area contributed by atoms with E-state index in [4.69, 9.17) is 5.26 Å². The molecule has 0 spiro atoms. The number of piperidine rings is 1. The van der Waals surface area contributed by atoms with Crippen LogP contribution in [0.3, 0.4) is 0 Å². The minimum Gasteiger partial charge on any atom is -0.375 e. The Kier molecular flexibility index (Phi) is 4.35. The molecule has 4 heteroatoms. The highest BCUT2D eigenvalue weighted by Gasteiger charge is 2.59. The number of nitriles is 1. The second-order valence-corrected chi connectivity index (χ2v) is 5.99. The SMILES string of the molecule is CN/C(=C\C=C/CC#N)N1CC2CC2(C#Cc2ccccn2)C1. The van der Waals surface area contributed by atoms with Gasteiger partial charge in [0.1, 0.15) is 11.5 Å². The Labute approximate surface area is 137 Å². The average Bonchev–Trinajstić information content (AvgIpc) is 3.15. The zero-order valence-corrected chi connectivity index (χ0v) is 13.3. The molecule has 3 rings (SSSR count). The predicted molar refractivity (Wildman–Crippen MR) is 89.7 cm³/mol. The average molecular weight is 304 g/mol. The molecule has 1 aromatic rings. The van der Waals surface area contributed by atoms with Crippen molar-refractivity contribution in [1.29, 1.82) is 5.26 Å². The molecule has 1 aromatic heterocycles. The van der Waals surface area contributed by atoms with E-state index in [9.17, 15) is 0 Å². The highest BCUT2D eigenvalue weighted by Crippen LogP contribution is 2.57. The summed E-state index contributed by atoms with van der Waals surface area (Å²) in [7, 11) is 1.93. The molecule has 1 aliphatic carbocycles. The van der Waals surface area contributed by atoms with Crippen molar-refractivity contribution in [2.75, 3.05) is 20.1 Å². The Morgan fingerprint density at radius 1 is 1.57 bits per heavy atom. The van der Waals surface area contributed by atoms with E-state index in [1.807, 2.05) is 43.5 Å². The summed E-state index contributed by atoms with van der Waals surface area (Å²) in [5.41, 5.74) is 0.971. The first kappa shape index (κ1) is 15.2. The minimum absolute atomic E-state index is 0.129. The number of pyridine rings is 1. The van der Waals surface area contributed by atoms with E-state index in [2.05, 4.69) is 33.1 Å². The summed E-state index contributed by atoms with van der Waals surface area (Å²) in [6.07, 6.45) is 9.24. The van der Waals surface area contributed by atoms with Crippen LogP contribution in [0.25, 0.3) is 0 Å². The third kappa shape index (κ3) is 3.38. The molecule has 2 unspecified atom stereocenters. The summed E-state index contributed by atoms with van der Waals surface area (Å²) in [6.45, 7) is 1.99. The first-order valence-electron chi connectivity index (χ1n) is 7.88. The Hall–Kier alpha value is -2.72. The van der Waals surface area contributed by atoms with Crippen LogP contribution in [0.4, 0.5) is 0 Å². The van der Waals surface area contributed by atoms with Crippen LogP contribution in [0.2, 0.25) is 0 Å². The number of rotatable bonds is 4. The zero-order valence-electron chi connectivity index (χ0n) is 13.3. The van der Waals surface area contributed by atoms with Crippen LogP contribution in [0, 0.1) is 34.5 Å². The van der Waals surface area contributed by atoms with E-state index in [-0.39, 0.29) is 5.41 Å². The van der Waals surface area contributed by atoms with Gasteiger partial charge in [0, 0.05) is 26.3 Å². The van der Waals surface area contributed by atoms with Crippen molar-refractivity contribution in [2.24, 2.45) is 11.3 Å². The van der Waals surface area contributed by atoms with Crippen molar-refractivity contribution >= 4 is 0 Å². The van der Waals surface area contributed by atoms with Crippen molar-refractivity contribution in [3.8, 4) is 17.9 Å². The summed E-state index contributed by atoms with van der Waals surface area (Å²) >= 11 is 0. The third-order valence-electron chi connectivity index (χ3n) is 4.45. The van der Waals surface area contributed by atoms with Crippen molar-refractivity contribution in [2.45, 2.75) is 12.8 Å². The van der Waals surface area contributed by atoms with Crippen LogP contribution in [-0.2, 0) is 0 Å². The number of hydrogen-bond donors (Lipinski definition) is 1. The smallest absolute Gasteiger partial charge is 0.113 e. The van der Waals surface area contributed by atoms with Gasteiger partial charge in [-0.3, -0.25) is 0 Å². The summed E-state index contributed by atoms with van der Waals surface area (Å²) < 4.78 is 0. The van der Waals surface area contributed by atoms with Crippen LogP contribution in [0.5, 0.6) is 0 Å². The van der Waals surface area contributed by atoms with Crippen molar-refractivity contribution in [3.63, 3.8) is 0 Å². The minimum atomic E-state index is 0.129. The molecule has 0 radical (unpaired) electrons. The van der Waals surface area contributed by atoms with Gasteiger partial charge >= 0.3 is 0 Å². The van der Waals surface area contributed by atoms with E-state index in [0.717, 1.165) is 24.6 Å². The first-order valence-corrected chi connectivity index (χ1v) is 7.88. The number of fused-ring (bicyclic) bond motifs is 1. The fourth-order valence-corrected chi connectivity index (χ4v) is 3.11. The molecule has 4 nitrogen and oxygen atoms in total. The molecule has 2 fully saturated rings. The molecule has 0 amide bonds. The molecular weight excluding hydrogens is 284 g/mol. The molecule has 0 aromatic carbocycles. The molecule has 116 valence electrons. The molecule has 0 bridgehead atoms. The van der Waals surface area contributed by atoms with Gasteiger partial charge in [-0.15, -0.1) is 0 Å². The maximum absolute atomic E-state index is 8.56. The normalized spacial score (nSPS) is 25.5. The molecule has 1 N–H and O–H groups in total. The fraction of sp³-hybridized carbons (Fsp3) is 0.368. The van der Waals surface area contributed by atoms with Gasteiger partial charge in [-0.25, -0.2) is 4.98 Å². The van der Waals surface area contributed by atoms with Gasteiger partial charge in [-0.2, -0.15) is 5.26 Å². The first-order chi connectivity index (χ1) is 11.3. The number of likely N-dealkylation sites (tertiary alicyclic amines) is 1. The summed E-state index contributed by atoms with van der Waals surface area (Å²) in [5.74, 6) is 8.43. The molecular formula is C19H20N4. The lowest BCUT2D eigenvalue weighted by Gasteiger charge is -2.24. The van der Waals surface area contributed by atoms with E-state index in [0.29, 0.717) is 12.3 Å². The molecule has 2 atom stereocenters. The highest BCUT2D eigenvalue weighted by molar-refractivity contribution is 5.36. The molecule has 23 heavy (non-hydrogen) atoms. The second-order valence-electron chi connectivity index (χ2n) is 5.99. The second kappa shape index (κ2) is 6.58. The molecule has 1 saturated heterocycles. The van der Waals surface area contributed by atoms with Crippen molar-refractivity contribution < 1.29 is 0 Å². The van der Waals surface area contributed by atoms with E-state index in [1.165, 1.54) is 6.42 Å². The van der Waals surface area contributed by atoms with Gasteiger partial charge < -0.3 is 10.2 Å². The maximum atomic E-state index is 8.56. The quantitative estimate of drug-likeness (QED) is 0.685. The van der Waals surface area contributed by atoms with Gasteiger partial charge in [0.25, 0.3) is 0 Å². The molecule has 2 aliphatic rings. The van der Waals surface area contributed by atoms with E-state index < -0.39 is 0 Å². The van der Waals surface area contributed by atoms with Crippen LogP contribution >= 0.6 is 0 Å². The van der Waals surface area contributed by atoms with Gasteiger partial charge in [-0.1, -0.05) is 24.1 Å². The van der Waals surface area contributed by atoms with Crippen molar-refractivity contribution in [1.82, 2.24) is 15.2 Å². The Balaban J connectivity index is 1.67. The lowest BCUT2D eigenvalue weighted by atomic mass is 10.1. The van der Waals surface area contributed by atoms with E-state index >= 15 is 0 Å². The lowest BCUT2D eigenvalue weighted by Crippen LogP contribution is -2.30. The summed E-state index contributed by atoms with van der Waals surface area (Å²) in [6, 6.07) is 7.93. The molecule has 1 saturated carbocycles. The summed E-state index contributed by atoms with van der Waals surface area (Å²) in [4.78, 5) is 6.62.